The van der Waals surface area contributed by atoms with Crippen LogP contribution in [0.1, 0.15) is 84.0 Å². The van der Waals surface area contributed by atoms with Crippen LogP contribution in [0.4, 0.5) is 0 Å². The Labute approximate surface area is 132 Å². The summed E-state index contributed by atoms with van der Waals surface area (Å²) in [4.78, 5) is 17.7. The van der Waals surface area contributed by atoms with Gasteiger partial charge in [-0.25, -0.2) is 9.68 Å². The van der Waals surface area contributed by atoms with Crippen molar-refractivity contribution in [1.29, 1.82) is 0 Å². The molecule has 0 aliphatic rings. The first-order chi connectivity index (χ1) is 10.9. The number of unbranched alkanes of at least 4 members (excludes halogenated alkanes) is 11. The van der Waals surface area contributed by atoms with Crippen LogP contribution >= 0.6 is 0 Å². The molecule has 1 radical (unpaired) electrons. The van der Waals surface area contributed by atoms with Crippen LogP contribution in [0.3, 0.4) is 0 Å². The zero-order valence-corrected chi connectivity index (χ0v) is 13.6. The highest BCUT2D eigenvalue weighted by atomic mass is 17.8. The summed E-state index contributed by atoms with van der Waals surface area (Å²) in [5.74, 6) is 0. The molecule has 0 heterocycles. The standard InChI is InChI=1S/C15H29O7/c1-2-3-4-5-6-7-8-9-10-11-12-13-14-17-19-21-22-20-18-15-16/h2-14H2,1H3. The number of carbonyl (C=O) groups excluding carboxylic acids is 1. The largest absolute Gasteiger partial charge is 0.456 e. The Balaban J connectivity index is 2.92. The topological polar surface area (TPSA) is 72.5 Å². The lowest BCUT2D eigenvalue weighted by molar-refractivity contribution is -0.748. The maximum Gasteiger partial charge on any atom is 0.456 e. The Morgan fingerprint density at radius 3 is 1.68 bits per heavy atom. The molecule has 0 N–H and O–H groups in total. The quantitative estimate of drug-likeness (QED) is 0.198. The second kappa shape index (κ2) is 20.3. The van der Waals surface area contributed by atoms with Crippen molar-refractivity contribution in [1.82, 2.24) is 0 Å². The Morgan fingerprint density at radius 1 is 0.636 bits per heavy atom. The van der Waals surface area contributed by atoms with Crippen LogP contribution in [0, 0.1) is 0 Å². The van der Waals surface area contributed by atoms with Crippen LogP contribution in [0.5, 0.6) is 0 Å². The molecule has 0 aromatic heterocycles. The molecule has 0 atom stereocenters. The van der Waals surface area contributed by atoms with Crippen molar-refractivity contribution in [3.8, 4) is 0 Å². The normalized spacial score (nSPS) is 10.8. The van der Waals surface area contributed by atoms with Crippen LogP contribution in [-0.2, 0) is 34.7 Å². The van der Waals surface area contributed by atoms with Gasteiger partial charge in [0.15, 0.2) is 0 Å². The van der Waals surface area contributed by atoms with Crippen molar-refractivity contribution in [3.05, 3.63) is 0 Å². The third-order valence-corrected chi connectivity index (χ3v) is 3.28. The third kappa shape index (κ3) is 19.3. The van der Waals surface area contributed by atoms with E-state index in [0.29, 0.717) is 6.61 Å². The SMILES string of the molecule is CCCCCCCCCCCCCCOOOOOO[C]=O. The van der Waals surface area contributed by atoms with Gasteiger partial charge in [0.2, 0.25) is 0 Å². The van der Waals surface area contributed by atoms with Gasteiger partial charge < -0.3 is 0 Å². The second-order valence-corrected chi connectivity index (χ2v) is 5.15. The highest BCUT2D eigenvalue weighted by Gasteiger charge is 1.96. The summed E-state index contributed by atoms with van der Waals surface area (Å²) in [5.41, 5.74) is 0. The van der Waals surface area contributed by atoms with E-state index >= 15 is 0 Å². The zero-order valence-electron chi connectivity index (χ0n) is 13.6. The Bertz CT molecular complexity index is 214. The smallest absolute Gasteiger partial charge is 0.253 e. The van der Waals surface area contributed by atoms with Crippen LogP contribution in [0.15, 0.2) is 0 Å². The van der Waals surface area contributed by atoms with E-state index < -0.39 is 0 Å². The summed E-state index contributed by atoms with van der Waals surface area (Å²) in [5, 5.41) is 15.4. The molecule has 0 saturated heterocycles. The molecule has 0 spiro atoms. The maximum atomic E-state index is 9.50. The molecular formula is C15H29O7. The monoisotopic (exact) mass is 321 g/mol. The molecule has 0 amide bonds. The molecule has 0 saturated carbocycles. The number of hydrogen-bond donors (Lipinski definition) is 0. The van der Waals surface area contributed by atoms with E-state index in [1.807, 2.05) is 0 Å². The fraction of sp³-hybridized carbons (Fsp3) is 0.933. The molecule has 7 heteroatoms. The van der Waals surface area contributed by atoms with Gasteiger partial charge in [0.1, 0.15) is 0 Å². The maximum absolute atomic E-state index is 9.50. The summed E-state index contributed by atoms with van der Waals surface area (Å²) in [6, 6.07) is 0. The van der Waals surface area contributed by atoms with Gasteiger partial charge in [0.05, 0.1) is 6.61 Å². The first kappa shape index (κ1) is 21.3. The summed E-state index contributed by atoms with van der Waals surface area (Å²) in [7, 11) is 0. The van der Waals surface area contributed by atoms with E-state index in [1.165, 1.54) is 64.2 Å². The highest BCUT2D eigenvalue weighted by molar-refractivity contribution is 5.36. The third-order valence-electron chi connectivity index (χ3n) is 3.28. The van der Waals surface area contributed by atoms with Crippen molar-refractivity contribution >= 4 is 6.47 Å². The van der Waals surface area contributed by atoms with Gasteiger partial charge in [0, 0.05) is 10.1 Å². The van der Waals surface area contributed by atoms with E-state index in [0.717, 1.165) is 19.3 Å². The van der Waals surface area contributed by atoms with E-state index in [1.54, 1.807) is 0 Å². The molecule has 0 unspecified atom stereocenters. The fourth-order valence-electron chi connectivity index (χ4n) is 2.11. The predicted octanol–water partition coefficient (Wildman–Crippen LogP) is 4.43. The fourth-order valence-corrected chi connectivity index (χ4v) is 2.11. The molecule has 131 valence electrons. The summed E-state index contributed by atoms with van der Waals surface area (Å²) in [6.45, 7) is 3.59. The van der Waals surface area contributed by atoms with Crippen LogP contribution in [0.2, 0.25) is 0 Å². The molecule has 0 aromatic rings. The second-order valence-electron chi connectivity index (χ2n) is 5.15. The van der Waals surface area contributed by atoms with Gasteiger partial charge in [-0.3, -0.25) is 4.89 Å². The minimum Gasteiger partial charge on any atom is -0.253 e. The van der Waals surface area contributed by atoms with E-state index in [9.17, 15) is 4.79 Å². The van der Waals surface area contributed by atoms with Crippen LogP contribution in [-0.4, -0.2) is 13.1 Å². The molecular weight excluding hydrogens is 292 g/mol. The van der Waals surface area contributed by atoms with Crippen molar-refractivity contribution in [3.63, 3.8) is 0 Å². The summed E-state index contributed by atoms with van der Waals surface area (Å²) < 4.78 is 0. The number of rotatable bonds is 19. The Kier molecular flexibility index (Phi) is 19.6. The van der Waals surface area contributed by atoms with Crippen LogP contribution < -0.4 is 0 Å². The molecule has 0 aliphatic heterocycles. The Hall–Kier alpha value is -0.730. The lowest BCUT2D eigenvalue weighted by Gasteiger charge is -2.03. The minimum atomic E-state index is 0.390. The van der Waals surface area contributed by atoms with Crippen molar-refractivity contribution in [2.75, 3.05) is 6.61 Å². The molecule has 0 aliphatic carbocycles. The number of hydrogen-bond acceptors (Lipinski definition) is 7. The average molecular weight is 321 g/mol. The lowest BCUT2D eigenvalue weighted by atomic mass is 10.1. The molecule has 7 nitrogen and oxygen atoms in total. The van der Waals surface area contributed by atoms with Crippen molar-refractivity contribution < 1.29 is 34.7 Å². The van der Waals surface area contributed by atoms with E-state index in [4.69, 9.17) is 0 Å². The van der Waals surface area contributed by atoms with Crippen molar-refractivity contribution in [2.45, 2.75) is 84.0 Å². The Morgan fingerprint density at radius 2 is 1.14 bits per heavy atom. The van der Waals surface area contributed by atoms with Gasteiger partial charge in [-0.1, -0.05) is 77.6 Å². The van der Waals surface area contributed by atoms with Crippen molar-refractivity contribution in [2.24, 2.45) is 0 Å². The van der Waals surface area contributed by atoms with Crippen LogP contribution in [0.25, 0.3) is 0 Å². The first-order valence-corrected chi connectivity index (χ1v) is 8.24. The molecule has 0 aromatic carbocycles. The highest BCUT2D eigenvalue weighted by Crippen LogP contribution is 2.11. The minimum absolute atomic E-state index is 0.390. The molecule has 0 bridgehead atoms. The molecule has 0 fully saturated rings. The van der Waals surface area contributed by atoms with Gasteiger partial charge in [-0.15, -0.1) is 0 Å². The first-order valence-electron chi connectivity index (χ1n) is 8.24. The van der Waals surface area contributed by atoms with Gasteiger partial charge in [-0.05, 0) is 16.5 Å². The summed E-state index contributed by atoms with van der Waals surface area (Å²) >= 11 is 0. The molecule has 0 rings (SSSR count). The van der Waals surface area contributed by atoms with Gasteiger partial charge in [-0.2, -0.15) is 0 Å². The lowest BCUT2D eigenvalue weighted by Crippen LogP contribution is -2.01. The van der Waals surface area contributed by atoms with E-state index in [-0.39, 0.29) is 0 Å². The summed E-state index contributed by atoms with van der Waals surface area (Å²) in [6.07, 6.45) is 15.3. The van der Waals surface area contributed by atoms with Gasteiger partial charge in [0.25, 0.3) is 0 Å². The predicted molar refractivity (Wildman–Crippen MR) is 78.1 cm³/mol. The van der Waals surface area contributed by atoms with E-state index in [2.05, 4.69) is 36.9 Å². The van der Waals surface area contributed by atoms with Gasteiger partial charge >= 0.3 is 6.47 Å². The zero-order chi connectivity index (χ0) is 16.1. The average Bonchev–Trinajstić information content (AvgIpc) is 2.54. The molecule has 22 heavy (non-hydrogen) atoms.